The Morgan fingerprint density at radius 2 is 1.73 bits per heavy atom. The van der Waals surface area contributed by atoms with E-state index in [1.54, 1.807) is 31.3 Å². The Morgan fingerprint density at radius 1 is 1.12 bits per heavy atom. The molecule has 1 saturated heterocycles. The van der Waals surface area contributed by atoms with Crippen molar-refractivity contribution in [2.45, 2.75) is 65.5 Å². The molecule has 1 unspecified atom stereocenters. The molecule has 4 rings (SSSR count). The molecule has 2 aliphatic rings. The van der Waals surface area contributed by atoms with E-state index < -0.39 is 47.4 Å². The Hall–Kier alpha value is -3.82. The summed E-state index contributed by atoms with van der Waals surface area (Å²) >= 11 is 0. The van der Waals surface area contributed by atoms with E-state index in [1.165, 1.54) is 34.8 Å². The Kier molecular flexibility index (Phi) is 7.05. The summed E-state index contributed by atoms with van der Waals surface area (Å²) < 4.78 is 42.0. The molecule has 2 fully saturated rings. The molecule has 3 amide bonds. The maximum atomic E-state index is 13.6. The number of fused-ring (bicyclic) bond motifs is 2. The summed E-state index contributed by atoms with van der Waals surface area (Å²) in [6.07, 6.45) is -5.19. The number of imidazole rings is 1. The van der Waals surface area contributed by atoms with Gasteiger partial charge in [0.25, 0.3) is 0 Å². The van der Waals surface area contributed by atoms with Gasteiger partial charge in [-0.2, -0.15) is 18.4 Å². The number of carbonyl (C=O) groups is 3. The van der Waals surface area contributed by atoms with Gasteiger partial charge in [-0.1, -0.05) is 46.8 Å². The molecule has 2 heterocycles. The standard InChI is InChI=1S/C27H33F3N6O4/c1-25(2,3)20(33-23(39)27(28,29)30)22(38)36-13-15-18(26(15,4)5)19(36)21(37)32-14(11-31)12-35-17-10-8-7-9-16(17)34(6)24(35)40/h7-10,14-15,18-20H,12-13H2,1-6H3,(H,32,37)(H,33,39)/t14?,15-,18+,19-,20+/m0/s1. The number of rotatable bonds is 6. The van der Waals surface area contributed by atoms with Crippen LogP contribution >= 0.6 is 0 Å². The summed E-state index contributed by atoms with van der Waals surface area (Å²) in [6, 6.07) is 5.28. The predicted molar refractivity (Wildman–Crippen MR) is 138 cm³/mol. The number of nitriles is 1. The molecule has 216 valence electrons. The molecule has 10 nitrogen and oxygen atoms in total. The lowest BCUT2D eigenvalue weighted by Crippen LogP contribution is -2.61. The molecule has 1 aromatic heterocycles. The number of carbonyl (C=O) groups excluding carboxylic acids is 3. The van der Waals surface area contributed by atoms with Crippen LogP contribution < -0.4 is 16.3 Å². The van der Waals surface area contributed by atoms with Gasteiger partial charge in [-0.3, -0.25) is 23.5 Å². The number of aryl methyl sites for hydroxylation is 1. The number of likely N-dealkylation sites (tertiary alicyclic amines) is 1. The molecule has 5 atom stereocenters. The van der Waals surface area contributed by atoms with Crippen molar-refractivity contribution in [3.63, 3.8) is 0 Å². The van der Waals surface area contributed by atoms with Gasteiger partial charge >= 0.3 is 17.8 Å². The zero-order chi connectivity index (χ0) is 29.9. The van der Waals surface area contributed by atoms with Crippen molar-refractivity contribution in [2.75, 3.05) is 6.54 Å². The van der Waals surface area contributed by atoms with Crippen LogP contribution in [0.15, 0.2) is 29.1 Å². The van der Waals surface area contributed by atoms with Crippen LogP contribution in [0.4, 0.5) is 13.2 Å². The van der Waals surface area contributed by atoms with Gasteiger partial charge < -0.3 is 15.5 Å². The van der Waals surface area contributed by atoms with Gasteiger partial charge in [0.15, 0.2) is 0 Å². The molecule has 1 aliphatic heterocycles. The number of alkyl halides is 3. The maximum absolute atomic E-state index is 13.6. The van der Waals surface area contributed by atoms with Crippen molar-refractivity contribution in [1.29, 1.82) is 5.26 Å². The van der Waals surface area contributed by atoms with E-state index in [1.807, 2.05) is 25.2 Å². The summed E-state index contributed by atoms with van der Waals surface area (Å²) in [5, 5.41) is 14.3. The smallest absolute Gasteiger partial charge is 0.337 e. The Balaban J connectivity index is 1.59. The average molecular weight is 563 g/mol. The van der Waals surface area contributed by atoms with E-state index >= 15 is 0 Å². The van der Waals surface area contributed by atoms with Gasteiger partial charge in [-0.05, 0) is 34.8 Å². The highest BCUT2D eigenvalue weighted by Crippen LogP contribution is 2.65. The topological polar surface area (TPSA) is 129 Å². The first kappa shape index (κ1) is 29.2. The van der Waals surface area contributed by atoms with E-state index in [9.17, 15) is 37.6 Å². The molecule has 1 aromatic carbocycles. The molecular formula is C27H33F3N6O4. The summed E-state index contributed by atoms with van der Waals surface area (Å²) in [5.41, 5.74) is -0.532. The van der Waals surface area contributed by atoms with Crippen LogP contribution in [-0.4, -0.2) is 62.6 Å². The SMILES string of the molecule is Cn1c(=O)n(CC(C#N)NC(=O)[C@@H]2[C@H]3[C@H](CN2C(=O)[C@@H](NC(=O)C(F)(F)F)C(C)(C)C)C3(C)C)c2ccccc21. The Morgan fingerprint density at radius 3 is 2.27 bits per heavy atom. The lowest BCUT2D eigenvalue weighted by Gasteiger charge is -2.37. The number of hydrogen-bond acceptors (Lipinski definition) is 5. The van der Waals surface area contributed by atoms with Gasteiger partial charge in [0.1, 0.15) is 18.1 Å². The molecule has 0 radical (unpaired) electrons. The zero-order valence-corrected chi connectivity index (χ0v) is 23.2. The summed E-state index contributed by atoms with van der Waals surface area (Å²) in [4.78, 5) is 53.1. The van der Waals surface area contributed by atoms with Crippen molar-refractivity contribution in [3.05, 3.63) is 34.7 Å². The van der Waals surface area contributed by atoms with Crippen LogP contribution in [0.5, 0.6) is 0 Å². The van der Waals surface area contributed by atoms with Crippen LogP contribution in [0, 0.1) is 34.0 Å². The maximum Gasteiger partial charge on any atom is 0.471 e. The summed E-state index contributed by atoms with van der Waals surface area (Å²) in [6.45, 7) is 8.43. The van der Waals surface area contributed by atoms with Crippen LogP contribution in [0.3, 0.4) is 0 Å². The molecular weight excluding hydrogens is 529 g/mol. The van der Waals surface area contributed by atoms with E-state index in [0.717, 1.165) is 0 Å². The van der Waals surface area contributed by atoms with Crippen molar-refractivity contribution >= 4 is 28.8 Å². The van der Waals surface area contributed by atoms with Gasteiger partial charge in [-0.15, -0.1) is 0 Å². The molecule has 1 saturated carbocycles. The highest BCUT2D eigenvalue weighted by molar-refractivity contribution is 5.95. The lowest BCUT2D eigenvalue weighted by molar-refractivity contribution is -0.176. The van der Waals surface area contributed by atoms with E-state index in [0.29, 0.717) is 11.0 Å². The zero-order valence-electron chi connectivity index (χ0n) is 23.2. The first-order chi connectivity index (χ1) is 18.4. The van der Waals surface area contributed by atoms with E-state index in [2.05, 4.69) is 5.32 Å². The normalized spacial score (nSPS) is 23.2. The van der Waals surface area contributed by atoms with Crippen LogP contribution in [0.1, 0.15) is 34.6 Å². The van der Waals surface area contributed by atoms with Crippen LogP contribution in [0.25, 0.3) is 11.0 Å². The molecule has 2 N–H and O–H groups in total. The summed E-state index contributed by atoms with van der Waals surface area (Å²) in [7, 11) is 1.60. The fourth-order valence-electron chi connectivity index (χ4n) is 5.94. The number of piperidine rings is 1. The number of para-hydroxylation sites is 2. The number of nitrogens with zero attached hydrogens (tertiary/aromatic N) is 4. The Bertz CT molecular complexity index is 1460. The third-order valence-corrected chi connectivity index (χ3v) is 8.30. The van der Waals surface area contributed by atoms with Crippen LogP contribution in [-0.2, 0) is 28.0 Å². The van der Waals surface area contributed by atoms with Gasteiger partial charge in [-0.25, -0.2) is 4.79 Å². The quantitative estimate of drug-likeness (QED) is 0.556. The highest BCUT2D eigenvalue weighted by atomic mass is 19.4. The Labute approximate surface area is 229 Å². The van der Waals surface area contributed by atoms with Crippen molar-refractivity contribution < 1.29 is 27.6 Å². The molecule has 40 heavy (non-hydrogen) atoms. The minimum Gasteiger partial charge on any atom is -0.337 e. The van der Waals surface area contributed by atoms with E-state index in [-0.39, 0.29) is 36.0 Å². The molecule has 0 bridgehead atoms. The second-order valence-corrected chi connectivity index (χ2v) is 12.3. The van der Waals surface area contributed by atoms with Crippen molar-refractivity contribution in [1.82, 2.24) is 24.7 Å². The lowest BCUT2D eigenvalue weighted by atomic mass is 9.85. The van der Waals surface area contributed by atoms with Gasteiger partial charge in [0.2, 0.25) is 11.8 Å². The second-order valence-electron chi connectivity index (χ2n) is 12.3. The van der Waals surface area contributed by atoms with Gasteiger partial charge in [0, 0.05) is 13.6 Å². The van der Waals surface area contributed by atoms with Gasteiger partial charge in [0.05, 0.1) is 23.6 Å². The van der Waals surface area contributed by atoms with E-state index in [4.69, 9.17) is 0 Å². The molecule has 13 heteroatoms. The van der Waals surface area contributed by atoms with Crippen molar-refractivity contribution in [3.8, 4) is 6.07 Å². The first-order valence-corrected chi connectivity index (χ1v) is 12.9. The average Bonchev–Trinajstić information content (AvgIpc) is 3.14. The predicted octanol–water partition coefficient (Wildman–Crippen LogP) is 1.92. The minimum absolute atomic E-state index is 0.0765. The number of nitrogens with one attached hydrogen (secondary N) is 2. The van der Waals surface area contributed by atoms with Crippen molar-refractivity contribution in [2.24, 2.45) is 29.7 Å². The second kappa shape index (κ2) is 9.67. The molecule has 0 spiro atoms. The number of hydrogen-bond donors (Lipinski definition) is 2. The minimum atomic E-state index is -5.19. The third-order valence-electron chi connectivity index (χ3n) is 8.30. The third kappa shape index (κ3) is 4.95. The monoisotopic (exact) mass is 562 g/mol. The first-order valence-electron chi connectivity index (χ1n) is 12.9. The number of halogens is 3. The largest absolute Gasteiger partial charge is 0.471 e. The summed E-state index contributed by atoms with van der Waals surface area (Å²) in [5.74, 6) is -4.04. The fourth-order valence-corrected chi connectivity index (χ4v) is 5.94. The number of benzene rings is 1. The molecule has 1 aliphatic carbocycles. The fraction of sp³-hybridized carbons (Fsp3) is 0.593. The molecule has 2 aromatic rings. The highest BCUT2D eigenvalue weighted by Gasteiger charge is 2.70. The number of aromatic nitrogens is 2. The van der Waals surface area contributed by atoms with Crippen LogP contribution in [0.2, 0.25) is 0 Å². The number of amides is 3.